The van der Waals surface area contributed by atoms with Crippen LogP contribution < -0.4 is 0 Å². The molecule has 0 bridgehead atoms. The Bertz CT molecular complexity index is 366. The van der Waals surface area contributed by atoms with E-state index in [0.717, 1.165) is 12.1 Å². The largest absolute Gasteiger partial charge is 0.347 e. The zero-order valence-corrected chi connectivity index (χ0v) is 6.96. The summed E-state index contributed by atoms with van der Waals surface area (Å²) in [5, 5.41) is 8.65. The number of aromatic amines is 1. The predicted molar refractivity (Wildman–Crippen MR) is 47.4 cm³/mol. The van der Waals surface area contributed by atoms with E-state index in [0.29, 0.717) is 11.6 Å². The minimum Gasteiger partial charge on any atom is -0.347 e. The number of nitrogens with one attached hydrogen (secondary N) is 1. The Morgan fingerprint density at radius 2 is 2.50 bits per heavy atom. The summed E-state index contributed by atoms with van der Waals surface area (Å²) in [6, 6.07) is 4.05. The van der Waals surface area contributed by atoms with Crippen molar-refractivity contribution in [2.75, 3.05) is 0 Å². The lowest BCUT2D eigenvalue weighted by Crippen LogP contribution is -2.00. The summed E-state index contributed by atoms with van der Waals surface area (Å²) >= 11 is 0. The second-order valence-electron chi connectivity index (χ2n) is 3.27. The van der Waals surface area contributed by atoms with Crippen LogP contribution >= 0.6 is 0 Å². The van der Waals surface area contributed by atoms with E-state index in [-0.39, 0.29) is 0 Å². The molecule has 1 aliphatic rings. The Balaban J connectivity index is 2.45. The van der Waals surface area contributed by atoms with Gasteiger partial charge in [-0.3, -0.25) is 0 Å². The van der Waals surface area contributed by atoms with Gasteiger partial charge in [-0.2, -0.15) is 5.26 Å². The molecule has 1 aliphatic carbocycles. The molecule has 1 atom stereocenters. The number of nitrogens with zero attached hydrogens (tertiary/aromatic N) is 1. The number of H-pyrrole nitrogens is 1. The summed E-state index contributed by atoms with van der Waals surface area (Å²) in [5.41, 5.74) is 3.03. The molecule has 0 aliphatic heterocycles. The van der Waals surface area contributed by atoms with Gasteiger partial charge >= 0.3 is 0 Å². The highest BCUT2D eigenvalue weighted by Gasteiger charge is 2.12. The lowest BCUT2D eigenvalue weighted by molar-refractivity contribution is 0.717. The third kappa shape index (κ3) is 1.04. The van der Waals surface area contributed by atoms with Gasteiger partial charge < -0.3 is 4.98 Å². The zero-order chi connectivity index (χ0) is 8.55. The van der Waals surface area contributed by atoms with Crippen LogP contribution in [-0.2, 0) is 6.42 Å². The Morgan fingerprint density at radius 3 is 3.25 bits per heavy atom. The van der Waals surface area contributed by atoms with Gasteiger partial charge in [0.25, 0.3) is 0 Å². The molecule has 1 N–H and O–H groups in total. The first-order valence-electron chi connectivity index (χ1n) is 4.10. The van der Waals surface area contributed by atoms with Gasteiger partial charge in [-0.15, -0.1) is 0 Å². The molecule has 2 rings (SSSR count). The monoisotopic (exact) mass is 158 g/mol. The van der Waals surface area contributed by atoms with Gasteiger partial charge in [-0.05, 0) is 30.0 Å². The van der Waals surface area contributed by atoms with Crippen LogP contribution in [0, 0.1) is 17.2 Å². The van der Waals surface area contributed by atoms with E-state index >= 15 is 0 Å². The fourth-order valence-corrected chi connectivity index (χ4v) is 1.57. The SMILES string of the molecule is CC1C=Cc2[nH]c(C#N)cc2C1. The van der Waals surface area contributed by atoms with E-state index in [1.165, 1.54) is 5.56 Å². The number of hydrogen-bond acceptors (Lipinski definition) is 1. The van der Waals surface area contributed by atoms with Crippen molar-refractivity contribution in [1.82, 2.24) is 4.98 Å². The molecule has 2 nitrogen and oxygen atoms in total. The maximum absolute atomic E-state index is 8.65. The van der Waals surface area contributed by atoms with Crippen LogP contribution in [0.1, 0.15) is 23.9 Å². The summed E-state index contributed by atoms with van der Waals surface area (Å²) in [4.78, 5) is 3.06. The first-order chi connectivity index (χ1) is 5.79. The molecule has 0 aromatic carbocycles. The van der Waals surface area contributed by atoms with Crippen LogP contribution in [0.25, 0.3) is 6.08 Å². The average molecular weight is 158 g/mol. The number of hydrogen-bond donors (Lipinski definition) is 1. The van der Waals surface area contributed by atoms with Crippen LogP contribution in [0.3, 0.4) is 0 Å². The summed E-state index contributed by atoms with van der Waals surface area (Å²) in [6.45, 7) is 2.18. The second kappa shape index (κ2) is 2.53. The van der Waals surface area contributed by atoms with Crippen LogP contribution in [-0.4, -0.2) is 4.98 Å². The van der Waals surface area contributed by atoms with Crippen LogP contribution in [0.4, 0.5) is 0 Å². The van der Waals surface area contributed by atoms with Crippen molar-refractivity contribution in [2.45, 2.75) is 13.3 Å². The normalized spacial score (nSPS) is 20.2. The van der Waals surface area contributed by atoms with Gasteiger partial charge in [0.1, 0.15) is 11.8 Å². The smallest absolute Gasteiger partial charge is 0.118 e. The third-order valence-corrected chi connectivity index (χ3v) is 2.19. The Morgan fingerprint density at radius 1 is 1.67 bits per heavy atom. The average Bonchev–Trinajstić information content (AvgIpc) is 2.46. The molecule has 60 valence electrons. The van der Waals surface area contributed by atoms with Crippen molar-refractivity contribution in [1.29, 1.82) is 5.26 Å². The van der Waals surface area contributed by atoms with Crippen molar-refractivity contribution < 1.29 is 0 Å². The van der Waals surface area contributed by atoms with E-state index in [1.807, 2.05) is 6.07 Å². The third-order valence-electron chi connectivity index (χ3n) is 2.19. The Kier molecular flexibility index (Phi) is 1.51. The van der Waals surface area contributed by atoms with E-state index in [4.69, 9.17) is 5.26 Å². The number of nitriles is 1. The highest BCUT2D eigenvalue weighted by Crippen LogP contribution is 2.22. The summed E-state index contributed by atoms with van der Waals surface area (Å²) in [7, 11) is 0. The molecular formula is C10H10N2. The molecule has 0 amide bonds. The maximum atomic E-state index is 8.65. The van der Waals surface area contributed by atoms with Crippen molar-refractivity contribution in [3.05, 3.63) is 29.1 Å². The van der Waals surface area contributed by atoms with Gasteiger partial charge in [0.05, 0.1) is 0 Å². The molecule has 2 heteroatoms. The van der Waals surface area contributed by atoms with Crippen molar-refractivity contribution >= 4 is 6.08 Å². The topological polar surface area (TPSA) is 39.6 Å². The summed E-state index contributed by atoms with van der Waals surface area (Å²) < 4.78 is 0. The number of rotatable bonds is 0. The maximum Gasteiger partial charge on any atom is 0.118 e. The van der Waals surface area contributed by atoms with E-state index in [2.05, 4.69) is 30.1 Å². The van der Waals surface area contributed by atoms with Crippen LogP contribution in [0.15, 0.2) is 12.1 Å². The molecule has 12 heavy (non-hydrogen) atoms. The Labute approximate surface area is 71.5 Å². The van der Waals surface area contributed by atoms with Crippen molar-refractivity contribution in [2.24, 2.45) is 5.92 Å². The quantitative estimate of drug-likeness (QED) is 0.617. The molecule has 0 saturated carbocycles. The molecule has 0 spiro atoms. The highest BCUT2D eigenvalue weighted by atomic mass is 14.7. The molecule has 1 heterocycles. The highest BCUT2D eigenvalue weighted by molar-refractivity contribution is 5.55. The van der Waals surface area contributed by atoms with Gasteiger partial charge in [0.15, 0.2) is 0 Å². The number of fused-ring (bicyclic) bond motifs is 1. The van der Waals surface area contributed by atoms with Crippen molar-refractivity contribution in [3.63, 3.8) is 0 Å². The molecule has 0 fully saturated rings. The minimum absolute atomic E-state index is 0.597. The number of aromatic nitrogens is 1. The lowest BCUT2D eigenvalue weighted by Gasteiger charge is -2.10. The van der Waals surface area contributed by atoms with Gasteiger partial charge in [0, 0.05) is 5.69 Å². The fraction of sp³-hybridized carbons (Fsp3) is 0.300. The summed E-state index contributed by atoms with van der Waals surface area (Å²) in [6.07, 6.45) is 5.27. The number of allylic oxidation sites excluding steroid dienone is 1. The zero-order valence-electron chi connectivity index (χ0n) is 6.96. The Hall–Kier alpha value is -1.49. The molecule has 1 unspecified atom stereocenters. The van der Waals surface area contributed by atoms with Gasteiger partial charge in [-0.1, -0.05) is 13.0 Å². The van der Waals surface area contributed by atoms with Crippen molar-refractivity contribution in [3.8, 4) is 6.07 Å². The van der Waals surface area contributed by atoms with Crippen LogP contribution in [0.2, 0.25) is 0 Å². The lowest BCUT2D eigenvalue weighted by atomic mass is 9.96. The van der Waals surface area contributed by atoms with E-state index in [1.54, 1.807) is 0 Å². The second-order valence-corrected chi connectivity index (χ2v) is 3.27. The predicted octanol–water partition coefficient (Wildman–Crippen LogP) is 2.09. The van der Waals surface area contributed by atoms with Crippen LogP contribution in [0.5, 0.6) is 0 Å². The fourth-order valence-electron chi connectivity index (χ4n) is 1.57. The minimum atomic E-state index is 0.597. The summed E-state index contributed by atoms with van der Waals surface area (Å²) in [5.74, 6) is 0.597. The van der Waals surface area contributed by atoms with E-state index < -0.39 is 0 Å². The molecule has 1 aromatic heterocycles. The van der Waals surface area contributed by atoms with Gasteiger partial charge in [0.2, 0.25) is 0 Å². The molecule has 0 radical (unpaired) electrons. The molecule has 0 saturated heterocycles. The standard InChI is InChI=1S/C10H10N2/c1-7-2-3-10-8(4-7)5-9(6-11)12-10/h2-3,5,7,12H,4H2,1H3. The first kappa shape index (κ1) is 7.17. The first-order valence-corrected chi connectivity index (χ1v) is 4.10. The van der Waals surface area contributed by atoms with Gasteiger partial charge in [-0.25, -0.2) is 0 Å². The molecular weight excluding hydrogens is 148 g/mol. The van der Waals surface area contributed by atoms with E-state index in [9.17, 15) is 0 Å². The molecule has 1 aromatic rings.